The molecule has 2 aromatic rings. The SMILES string of the molecule is C#CCCCOC1CCC(NC(=O)c2ccn3c(C)cc(C)nc23)C1. The molecule has 2 unspecified atom stereocenters. The first-order valence-electron chi connectivity index (χ1n) is 8.89. The minimum absolute atomic E-state index is 0.0574. The lowest BCUT2D eigenvalue weighted by Crippen LogP contribution is -2.33. The molecule has 1 N–H and O–H groups in total. The Morgan fingerprint density at radius 1 is 1.48 bits per heavy atom. The van der Waals surface area contributed by atoms with Gasteiger partial charge in [-0.25, -0.2) is 4.98 Å². The lowest BCUT2D eigenvalue weighted by molar-refractivity contribution is 0.0555. The molecule has 1 aliphatic carbocycles. The number of terminal acetylenes is 1. The number of ether oxygens (including phenoxy) is 1. The summed E-state index contributed by atoms with van der Waals surface area (Å²) in [5, 5.41) is 3.14. The Hall–Kier alpha value is -2.32. The van der Waals surface area contributed by atoms with Gasteiger partial charge in [-0.15, -0.1) is 12.3 Å². The number of unbranched alkanes of at least 4 members (excludes halogenated alkanes) is 1. The van der Waals surface area contributed by atoms with Crippen LogP contribution in [0.1, 0.15) is 53.8 Å². The van der Waals surface area contributed by atoms with Crippen molar-refractivity contribution in [1.29, 1.82) is 0 Å². The highest BCUT2D eigenvalue weighted by Gasteiger charge is 2.27. The molecule has 0 aromatic carbocycles. The minimum Gasteiger partial charge on any atom is -0.378 e. The molecule has 132 valence electrons. The van der Waals surface area contributed by atoms with Crippen molar-refractivity contribution in [2.45, 2.75) is 58.1 Å². The maximum absolute atomic E-state index is 12.7. The van der Waals surface area contributed by atoms with Crippen molar-refractivity contribution >= 4 is 11.6 Å². The number of rotatable bonds is 6. The zero-order chi connectivity index (χ0) is 17.8. The number of carbonyl (C=O) groups is 1. The Morgan fingerprint density at radius 3 is 3.12 bits per heavy atom. The second-order valence-corrected chi connectivity index (χ2v) is 6.75. The van der Waals surface area contributed by atoms with E-state index in [1.165, 1.54) is 0 Å². The summed E-state index contributed by atoms with van der Waals surface area (Å²) < 4.78 is 7.80. The van der Waals surface area contributed by atoms with Crippen LogP contribution < -0.4 is 5.32 Å². The van der Waals surface area contributed by atoms with E-state index in [0.29, 0.717) is 12.2 Å². The zero-order valence-electron chi connectivity index (χ0n) is 14.9. The molecule has 3 rings (SSSR count). The summed E-state index contributed by atoms with van der Waals surface area (Å²) in [7, 11) is 0. The molecule has 0 saturated heterocycles. The lowest BCUT2D eigenvalue weighted by atomic mass is 10.2. The van der Waals surface area contributed by atoms with Crippen molar-refractivity contribution in [2.24, 2.45) is 0 Å². The van der Waals surface area contributed by atoms with Gasteiger partial charge in [-0.05, 0) is 51.7 Å². The van der Waals surface area contributed by atoms with Crippen molar-refractivity contribution in [1.82, 2.24) is 14.7 Å². The fourth-order valence-corrected chi connectivity index (χ4v) is 3.48. The molecule has 2 atom stereocenters. The van der Waals surface area contributed by atoms with Gasteiger partial charge in [0, 0.05) is 36.7 Å². The highest BCUT2D eigenvalue weighted by Crippen LogP contribution is 2.23. The summed E-state index contributed by atoms with van der Waals surface area (Å²) in [4.78, 5) is 17.2. The van der Waals surface area contributed by atoms with E-state index in [-0.39, 0.29) is 18.1 Å². The molecule has 0 radical (unpaired) electrons. The van der Waals surface area contributed by atoms with Gasteiger partial charge < -0.3 is 14.5 Å². The average molecular weight is 339 g/mol. The monoisotopic (exact) mass is 339 g/mol. The highest BCUT2D eigenvalue weighted by atomic mass is 16.5. The molecule has 0 bridgehead atoms. The number of carbonyl (C=O) groups excluding carboxylic acids is 1. The quantitative estimate of drug-likeness (QED) is 0.650. The van der Waals surface area contributed by atoms with Crippen LogP contribution in [0, 0.1) is 26.2 Å². The fourth-order valence-electron chi connectivity index (χ4n) is 3.48. The van der Waals surface area contributed by atoms with Crippen LogP contribution in [0.5, 0.6) is 0 Å². The molecule has 5 nitrogen and oxygen atoms in total. The molecule has 1 fully saturated rings. The predicted octanol–water partition coefficient (Wildman–Crippen LogP) is 3.03. The van der Waals surface area contributed by atoms with Gasteiger partial charge in [-0.1, -0.05) is 0 Å². The Labute approximate surface area is 148 Å². The second kappa shape index (κ2) is 7.71. The van der Waals surface area contributed by atoms with E-state index in [4.69, 9.17) is 11.2 Å². The molecule has 0 aliphatic heterocycles. The smallest absolute Gasteiger partial charge is 0.255 e. The van der Waals surface area contributed by atoms with Crippen molar-refractivity contribution in [3.8, 4) is 12.3 Å². The number of nitrogens with one attached hydrogen (secondary N) is 1. The standard InChI is InChI=1S/C20H25N3O2/c1-4-5-6-11-25-17-8-7-16(13-17)22-20(24)18-9-10-23-15(3)12-14(2)21-19(18)23/h1,9-10,12,16-17H,5-8,11,13H2,2-3H3,(H,22,24). The summed E-state index contributed by atoms with van der Waals surface area (Å²) in [5.41, 5.74) is 3.34. The van der Waals surface area contributed by atoms with E-state index in [0.717, 1.165) is 49.1 Å². The number of aryl methyl sites for hydroxylation is 2. The van der Waals surface area contributed by atoms with Gasteiger partial charge in [0.05, 0.1) is 11.7 Å². The number of amides is 1. The highest BCUT2D eigenvalue weighted by molar-refractivity contribution is 6.00. The van der Waals surface area contributed by atoms with Crippen LogP contribution in [-0.4, -0.2) is 34.0 Å². The molecule has 2 heterocycles. The Bertz CT molecular complexity index is 803. The van der Waals surface area contributed by atoms with E-state index in [1.807, 2.05) is 36.6 Å². The zero-order valence-corrected chi connectivity index (χ0v) is 14.9. The number of fused-ring (bicyclic) bond motifs is 1. The molecule has 1 saturated carbocycles. The maximum atomic E-state index is 12.7. The van der Waals surface area contributed by atoms with Crippen molar-refractivity contribution in [3.63, 3.8) is 0 Å². The van der Waals surface area contributed by atoms with Gasteiger partial charge in [0.1, 0.15) is 5.65 Å². The average Bonchev–Trinajstić information content (AvgIpc) is 3.18. The first-order chi connectivity index (χ1) is 12.1. The third kappa shape index (κ3) is 4.02. The van der Waals surface area contributed by atoms with Crippen LogP contribution in [0.2, 0.25) is 0 Å². The number of aromatic nitrogens is 2. The summed E-state index contributed by atoms with van der Waals surface area (Å²) in [6.07, 6.45) is 11.8. The lowest BCUT2D eigenvalue weighted by Gasteiger charge is -2.14. The maximum Gasteiger partial charge on any atom is 0.255 e. The first-order valence-corrected chi connectivity index (χ1v) is 8.89. The Balaban J connectivity index is 1.59. The fraction of sp³-hybridized carbons (Fsp3) is 0.500. The van der Waals surface area contributed by atoms with Gasteiger partial charge in [-0.2, -0.15) is 0 Å². The summed E-state index contributed by atoms with van der Waals surface area (Å²) in [6, 6.07) is 4.01. The molecule has 1 amide bonds. The topological polar surface area (TPSA) is 55.6 Å². The van der Waals surface area contributed by atoms with Crippen LogP contribution in [0.25, 0.3) is 5.65 Å². The third-order valence-corrected chi connectivity index (χ3v) is 4.72. The summed E-state index contributed by atoms with van der Waals surface area (Å²) in [6.45, 7) is 4.66. The number of nitrogens with zero attached hydrogens (tertiary/aromatic N) is 2. The van der Waals surface area contributed by atoms with Gasteiger partial charge in [0.25, 0.3) is 5.91 Å². The molecule has 5 heteroatoms. The molecule has 2 aromatic heterocycles. The summed E-state index contributed by atoms with van der Waals surface area (Å²) in [5.74, 6) is 2.56. The van der Waals surface area contributed by atoms with Crippen LogP contribution in [0.15, 0.2) is 18.3 Å². The molecule has 0 spiro atoms. The molecular formula is C20H25N3O2. The van der Waals surface area contributed by atoms with Crippen LogP contribution in [0.3, 0.4) is 0 Å². The first kappa shape index (κ1) is 17.5. The molecule has 1 aliphatic rings. The largest absolute Gasteiger partial charge is 0.378 e. The Morgan fingerprint density at radius 2 is 2.32 bits per heavy atom. The van der Waals surface area contributed by atoms with Crippen LogP contribution in [0.4, 0.5) is 0 Å². The van der Waals surface area contributed by atoms with Gasteiger partial charge in [-0.3, -0.25) is 4.79 Å². The van der Waals surface area contributed by atoms with E-state index in [9.17, 15) is 4.79 Å². The molecule has 25 heavy (non-hydrogen) atoms. The van der Waals surface area contributed by atoms with Crippen molar-refractivity contribution < 1.29 is 9.53 Å². The van der Waals surface area contributed by atoms with Crippen molar-refractivity contribution in [3.05, 3.63) is 35.3 Å². The van der Waals surface area contributed by atoms with Crippen molar-refractivity contribution in [2.75, 3.05) is 6.61 Å². The van der Waals surface area contributed by atoms with E-state index in [2.05, 4.69) is 16.2 Å². The number of hydrogen-bond donors (Lipinski definition) is 1. The number of hydrogen-bond acceptors (Lipinski definition) is 3. The normalized spacial score (nSPS) is 19.9. The summed E-state index contributed by atoms with van der Waals surface area (Å²) >= 11 is 0. The van der Waals surface area contributed by atoms with Gasteiger partial charge in [0.2, 0.25) is 0 Å². The third-order valence-electron chi connectivity index (χ3n) is 4.72. The van der Waals surface area contributed by atoms with Gasteiger partial charge in [0.15, 0.2) is 0 Å². The van der Waals surface area contributed by atoms with E-state index >= 15 is 0 Å². The Kier molecular flexibility index (Phi) is 5.40. The van der Waals surface area contributed by atoms with Crippen LogP contribution in [-0.2, 0) is 4.74 Å². The van der Waals surface area contributed by atoms with E-state index < -0.39 is 0 Å². The molecular weight excluding hydrogens is 314 g/mol. The predicted molar refractivity (Wildman–Crippen MR) is 97.6 cm³/mol. The minimum atomic E-state index is -0.0574. The van der Waals surface area contributed by atoms with Gasteiger partial charge >= 0.3 is 0 Å². The van der Waals surface area contributed by atoms with Crippen LogP contribution >= 0.6 is 0 Å². The second-order valence-electron chi connectivity index (χ2n) is 6.75. The van der Waals surface area contributed by atoms with E-state index in [1.54, 1.807) is 0 Å².